The first-order chi connectivity index (χ1) is 8.60. The van der Waals surface area contributed by atoms with Gasteiger partial charge in [-0.1, -0.05) is 18.3 Å². The van der Waals surface area contributed by atoms with E-state index in [9.17, 15) is 4.79 Å². The molecule has 0 saturated carbocycles. The molecule has 5 nitrogen and oxygen atoms in total. The maximum Gasteiger partial charge on any atom is 0.347 e. The Morgan fingerprint density at radius 1 is 1.50 bits per heavy atom. The number of thiazole rings is 2. The second-order valence-electron chi connectivity index (χ2n) is 3.67. The van der Waals surface area contributed by atoms with Gasteiger partial charge >= 0.3 is 5.97 Å². The number of hydrogen-bond acceptors (Lipinski definition) is 6. The minimum absolute atomic E-state index is 0.283. The lowest BCUT2D eigenvalue weighted by atomic mass is 10.4. The van der Waals surface area contributed by atoms with E-state index < -0.39 is 5.97 Å². The first-order valence-corrected chi connectivity index (χ1v) is 7.11. The molecule has 0 unspecified atom stereocenters. The molecule has 2 aromatic heterocycles. The van der Waals surface area contributed by atoms with E-state index in [2.05, 4.69) is 22.2 Å². The smallest absolute Gasteiger partial charge is 0.347 e. The minimum Gasteiger partial charge on any atom is -0.477 e. The van der Waals surface area contributed by atoms with Crippen LogP contribution in [0.2, 0.25) is 0 Å². The molecule has 2 N–H and O–H groups in total. The van der Waals surface area contributed by atoms with Crippen LogP contribution in [0.1, 0.15) is 32.2 Å². The summed E-state index contributed by atoms with van der Waals surface area (Å²) in [5, 5.41) is 13.6. The Kier molecular flexibility index (Phi) is 3.93. The van der Waals surface area contributed by atoms with Crippen LogP contribution >= 0.6 is 22.7 Å². The van der Waals surface area contributed by atoms with Crippen LogP contribution in [0.25, 0.3) is 0 Å². The number of nitrogens with zero attached hydrogens (tertiary/aromatic N) is 2. The molecule has 18 heavy (non-hydrogen) atoms. The fourth-order valence-electron chi connectivity index (χ4n) is 1.41. The second kappa shape index (κ2) is 5.45. The Labute approximate surface area is 113 Å². The highest BCUT2D eigenvalue weighted by atomic mass is 32.1. The molecule has 0 saturated heterocycles. The number of aromatic carboxylic acids is 1. The molecule has 0 radical (unpaired) electrons. The number of nitrogens with one attached hydrogen (secondary N) is 1. The number of carboxylic acid groups (broad SMARTS) is 1. The Bertz CT molecular complexity index is 562. The summed E-state index contributed by atoms with van der Waals surface area (Å²) in [6.07, 6.45) is 2.86. The second-order valence-corrected chi connectivity index (χ2v) is 5.86. The average molecular weight is 283 g/mol. The number of hydrogen-bond donors (Lipinski definition) is 2. The third-order valence-electron chi connectivity index (χ3n) is 2.33. The first-order valence-electron chi connectivity index (χ1n) is 5.48. The molecule has 0 aliphatic carbocycles. The van der Waals surface area contributed by atoms with Crippen molar-refractivity contribution in [3.8, 4) is 0 Å². The van der Waals surface area contributed by atoms with E-state index in [0.717, 1.165) is 22.8 Å². The lowest BCUT2D eigenvalue weighted by molar-refractivity contribution is 0.0701. The number of anilines is 1. The molecule has 0 atom stereocenters. The van der Waals surface area contributed by atoms with E-state index in [4.69, 9.17) is 5.11 Å². The van der Waals surface area contributed by atoms with E-state index in [1.54, 1.807) is 18.3 Å². The monoisotopic (exact) mass is 283 g/mol. The normalized spacial score (nSPS) is 10.6. The highest BCUT2D eigenvalue weighted by molar-refractivity contribution is 7.17. The minimum atomic E-state index is -0.930. The van der Waals surface area contributed by atoms with Gasteiger partial charge in [-0.05, 0) is 13.3 Å². The largest absolute Gasteiger partial charge is 0.477 e. The summed E-state index contributed by atoms with van der Waals surface area (Å²) in [6, 6.07) is 0. The van der Waals surface area contributed by atoms with Crippen molar-refractivity contribution in [2.75, 3.05) is 5.32 Å². The van der Waals surface area contributed by atoms with Crippen LogP contribution in [0.4, 0.5) is 5.13 Å². The van der Waals surface area contributed by atoms with Gasteiger partial charge in [-0.3, -0.25) is 0 Å². The highest BCUT2D eigenvalue weighted by Gasteiger charge is 2.13. The van der Waals surface area contributed by atoms with Crippen molar-refractivity contribution in [2.24, 2.45) is 0 Å². The summed E-state index contributed by atoms with van der Waals surface area (Å²) in [4.78, 5) is 20.9. The van der Waals surface area contributed by atoms with Crippen molar-refractivity contribution in [2.45, 2.75) is 26.8 Å². The molecule has 0 amide bonds. The molecule has 2 heterocycles. The SMILES string of the molecule is CCc1cnc(CNc2nc(C)c(C(=O)O)s2)s1. The molecule has 2 rings (SSSR count). The van der Waals surface area contributed by atoms with Gasteiger partial charge in [0.15, 0.2) is 5.13 Å². The van der Waals surface area contributed by atoms with Crippen molar-refractivity contribution in [1.82, 2.24) is 9.97 Å². The summed E-state index contributed by atoms with van der Waals surface area (Å²) < 4.78 is 0. The van der Waals surface area contributed by atoms with Gasteiger partial charge in [-0.15, -0.1) is 11.3 Å². The zero-order valence-electron chi connectivity index (χ0n) is 10.1. The number of aryl methyl sites for hydroxylation is 2. The van der Waals surface area contributed by atoms with Crippen LogP contribution in [-0.4, -0.2) is 21.0 Å². The molecule has 2 aromatic rings. The molecule has 7 heteroatoms. The van der Waals surface area contributed by atoms with Gasteiger partial charge < -0.3 is 10.4 Å². The standard InChI is InChI=1S/C11H13N3O2S2/c1-3-7-4-12-8(17-7)5-13-11-14-6(2)9(18-11)10(15)16/h4H,3,5H2,1-2H3,(H,13,14)(H,15,16). The van der Waals surface area contributed by atoms with E-state index in [0.29, 0.717) is 17.4 Å². The van der Waals surface area contributed by atoms with Crippen LogP contribution < -0.4 is 5.32 Å². The molecule has 96 valence electrons. The van der Waals surface area contributed by atoms with Crippen LogP contribution in [-0.2, 0) is 13.0 Å². The Morgan fingerprint density at radius 2 is 2.28 bits per heavy atom. The lowest BCUT2D eigenvalue weighted by Crippen LogP contribution is -1.97. The summed E-state index contributed by atoms with van der Waals surface area (Å²) in [5.74, 6) is -0.930. The van der Waals surface area contributed by atoms with Gasteiger partial charge in [0.1, 0.15) is 9.88 Å². The predicted octanol–water partition coefficient (Wildman–Crippen LogP) is 2.78. The lowest BCUT2D eigenvalue weighted by Gasteiger charge is -1.97. The van der Waals surface area contributed by atoms with Crippen molar-refractivity contribution in [3.63, 3.8) is 0 Å². The molecule has 0 aliphatic rings. The van der Waals surface area contributed by atoms with Gasteiger partial charge in [0.2, 0.25) is 0 Å². The summed E-state index contributed by atoms with van der Waals surface area (Å²) >= 11 is 2.81. The van der Waals surface area contributed by atoms with Gasteiger partial charge in [0, 0.05) is 11.1 Å². The predicted molar refractivity (Wildman–Crippen MR) is 72.6 cm³/mol. The maximum absolute atomic E-state index is 10.9. The summed E-state index contributed by atoms with van der Waals surface area (Å²) in [6.45, 7) is 4.37. The Hall–Kier alpha value is -1.47. The van der Waals surface area contributed by atoms with Crippen LogP contribution in [0, 0.1) is 6.92 Å². The number of rotatable bonds is 5. The Balaban J connectivity index is 2.01. The molecule has 0 bridgehead atoms. The first kappa shape index (κ1) is 13.0. The van der Waals surface area contributed by atoms with E-state index in [1.165, 1.54) is 4.88 Å². The number of carbonyl (C=O) groups is 1. The third-order valence-corrected chi connectivity index (χ3v) is 4.58. The molecule has 0 spiro atoms. The van der Waals surface area contributed by atoms with Crippen molar-refractivity contribution in [3.05, 3.63) is 26.7 Å². The fraction of sp³-hybridized carbons (Fsp3) is 0.364. The van der Waals surface area contributed by atoms with Crippen molar-refractivity contribution < 1.29 is 9.90 Å². The summed E-state index contributed by atoms with van der Waals surface area (Å²) in [7, 11) is 0. The van der Waals surface area contributed by atoms with E-state index in [-0.39, 0.29) is 4.88 Å². The van der Waals surface area contributed by atoms with Gasteiger partial charge in [0.25, 0.3) is 0 Å². The Morgan fingerprint density at radius 3 is 2.83 bits per heavy atom. The maximum atomic E-state index is 10.9. The zero-order valence-corrected chi connectivity index (χ0v) is 11.7. The zero-order chi connectivity index (χ0) is 13.1. The molecular formula is C11H13N3O2S2. The van der Waals surface area contributed by atoms with Crippen LogP contribution in [0.15, 0.2) is 6.20 Å². The van der Waals surface area contributed by atoms with Gasteiger partial charge in [-0.25, -0.2) is 14.8 Å². The molecule has 0 fully saturated rings. The van der Waals surface area contributed by atoms with E-state index in [1.807, 2.05) is 6.20 Å². The topological polar surface area (TPSA) is 75.1 Å². The molecular weight excluding hydrogens is 270 g/mol. The van der Waals surface area contributed by atoms with Crippen LogP contribution in [0.5, 0.6) is 0 Å². The summed E-state index contributed by atoms with van der Waals surface area (Å²) in [5.41, 5.74) is 0.545. The third kappa shape index (κ3) is 2.85. The average Bonchev–Trinajstić information content (AvgIpc) is 2.92. The number of aromatic nitrogens is 2. The van der Waals surface area contributed by atoms with Crippen molar-refractivity contribution in [1.29, 1.82) is 0 Å². The van der Waals surface area contributed by atoms with Gasteiger partial charge in [-0.2, -0.15) is 0 Å². The fourth-order valence-corrected chi connectivity index (χ4v) is 3.02. The van der Waals surface area contributed by atoms with E-state index >= 15 is 0 Å². The highest BCUT2D eigenvalue weighted by Crippen LogP contribution is 2.23. The molecule has 0 aromatic carbocycles. The van der Waals surface area contributed by atoms with Crippen molar-refractivity contribution >= 4 is 33.8 Å². The number of carboxylic acids is 1. The van der Waals surface area contributed by atoms with Crippen LogP contribution in [0.3, 0.4) is 0 Å². The molecule has 0 aliphatic heterocycles. The van der Waals surface area contributed by atoms with Gasteiger partial charge in [0.05, 0.1) is 12.2 Å². The quantitative estimate of drug-likeness (QED) is 0.882.